The van der Waals surface area contributed by atoms with E-state index in [2.05, 4.69) is 12.0 Å². The summed E-state index contributed by atoms with van der Waals surface area (Å²) in [5, 5.41) is 13.2. The molecule has 0 radical (unpaired) electrons. The highest BCUT2D eigenvalue weighted by atomic mass is 32.2. The average Bonchev–Trinajstić information content (AvgIpc) is 2.52. The number of thioether (sulfide) groups is 1. The topological polar surface area (TPSA) is 55.1 Å². The van der Waals surface area contributed by atoms with Gasteiger partial charge in [0.2, 0.25) is 0 Å². The van der Waals surface area contributed by atoms with E-state index in [-0.39, 0.29) is 6.42 Å². The molecule has 1 aromatic heterocycles. The van der Waals surface area contributed by atoms with Gasteiger partial charge in [0, 0.05) is 17.8 Å². The van der Waals surface area contributed by atoms with Crippen LogP contribution in [0.2, 0.25) is 0 Å². The second-order valence-electron chi connectivity index (χ2n) is 3.99. The van der Waals surface area contributed by atoms with Crippen molar-refractivity contribution in [2.45, 2.75) is 40.2 Å². The fourth-order valence-corrected chi connectivity index (χ4v) is 2.44. The van der Waals surface area contributed by atoms with Crippen LogP contribution in [0, 0.1) is 13.8 Å². The fourth-order valence-electron chi connectivity index (χ4n) is 1.82. The molecule has 96 valence electrons. The second-order valence-corrected chi connectivity index (χ2v) is 5.39. The molecule has 5 heteroatoms. The van der Waals surface area contributed by atoms with E-state index < -0.39 is 5.97 Å². The number of aryl methyl sites for hydroxylation is 2. The van der Waals surface area contributed by atoms with Gasteiger partial charge < -0.3 is 5.11 Å². The third-order valence-corrected chi connectivity index (χ3v) is 3.71. The van der Waals surface area contributed by atoms with E-state index >= 15 is 0 Å². The number of carbonyl (C=O) groups is 1. The van der Waals surface area contributed by atoms with Crippen molar-refractivity contribution >= 4 is 17.7 Å². The number of nitrogens with zero attached hydrogens (tertiary/aromatic N) is 2. The summed E-state index contributed by atoms with van der Waals surface area (Å²) in [4.78, 5) is 10.7. The minimum Gasteiger partial charge on any atom is -0.481 e. The summed E-state index contributed by atoms with van der Waals surface area (Å²) in [5.41, 5.74) is 2.69. The number of hydrogen-bond donors (Lipinski definition) is 1. The Bertz CT molecular complexity index is 388. The van der Waals surface area contributed by atoms with Crippen molar-refractivity contribution < 1.29 is 9.90 Å². The van der Waals surface area contributed by atoms with Gasteiger partial charge in [0.15, 0.2) is 0 Å². The molecule has 0 aliphatic carbocycles. The summed E-state index contributed by atoms with van der Waals surface area (Å²) in [6.45, 7) is 6.85. The van der Waals surface area contributed by atoms with Gasteiger partial charge in [0.1, 0.15) is 0 Å². The van der Waals surface area contributed by atoms with E-state index in [1.807, 2.05) is 30.3 Å². The Morgan fingerprint density at radius 3 is 2.76 bits per heavy atom. The summed E-state index contributed by atoms with van der Waals surface area (Å²) < 4.78 is 1.93. The van der Waals surface area contributed by atoms with Gasteiger partial charge in [-0.15, -0.1) is 0 Å². The molecule has 4 nitrogen and oxygen atoms in total. The molecule has 0 bridgehead atoms. The van der Waals surface area contributed by atoms with Crippen molar-refractivity contribution in [2.75, 3.05) is 11.5 Å². The predicted octanol–water partition coefficient (Wildman–Crippen LogP) is 2.27. The van der Waals surface area contributed by atoms with Crippen LogP contribution in [0.5, 0.6) is 0 Å². The maximum atomic E-state index is 10.7. The average molecular weight is 256 g/mol. The number of aromatic nitrogens is 2. The molecule has 0 saturated heterocycles. The van der Waals surface area contributed by atoms with Gasteiger partial charge in [-0.05, 0) is 31.8 Å². The first kappa shape index (κ1) is 14.1. The molecule has 0 aliphatic heterocycles. The van der Waals surface area contributed by atoms with E-state index in [0.29, 0.717) is 0 Å². The Morgan fingerprint density at radius 1 is 1.47 bits per heavy atom. The summed E-state index contributed by atoms with van der Waals surface area (Å²) in [7, 11) is 0. The third kappa shape index (κ3) is 4.07. The van der Waals surface area contributed by atoms with Crippen LogP contribution >= 0.6 is 11.8 Å². The monoisotopic (exact) mass is 256 g/mol. The molecule has 0 spiro atoms. The lowest BCUT2D eigenvalue weighted by Gasteiger charge is -2.04. The van der Waals surface area contributed by atoms with Crippen LogP contribution in [0.15, 0.2) is 0 Å². The highest BCUT2D eigenvalue weighted by Gasteiger charge is 2.13. The molecule has 0 saturated carbocycles. The molecule has 0 atom stereocenters. The highest BCUT2D eigenvalue weighted by molar-refractivity contribution is 7.99. The Kier molecular flexibility index (Phi) is 5.55. The molecule has 1 N–H and O–H groups in total. The van der Waals surface area contributed by atoms with Crippen molar-refractivity contribution in [2.24, 2.45) is 0 Å². The van der Waals surface area contributed by atoms with E-state index in [1.165, 1.54) is 0 Å². The lowest BCUT2D eigenvalue weighted by Crippen LogP contribution is -2.05. The summed E-state index contributed by atoms with van der Waals surface area (Å²) >= 11 is 1.92. The maximum absolute atomic E-state index is 10.7. The molecule has 0 unspecified atom stereocenters. The fraction of sp³-hybridized carbons (Fsp3) is 0.667. The molecule has 0 aromatic carbocycles. The quantitative estimate of drug-likeness (QED) is 0.760. The Hall–Kier alpha value is -0.970. The standard InChI is InChI=1S/C12H20N2O2S/c1-4-17-7-5-6-14-10(3)11(8-12(15)16)9(2)13-14/h4-8H2,1-3H3,(H,15,16). The van der Waals surface area contributed by atoms with Gasteiger partial charge in [-0.1, -0.05) is 6.92 Å². The van der Waals surface area contributed by atoms with Gasteiger partial charge in [0.05, 0.1) is 12.1 Å². The first-order chi connectivity index (χ1) is 8.06. The minimum atomic E-state index is -0.794. The van der Waals surface area contributed by atoms with Gasteiger partial charge >= 0.3 is 5.97 Å². The highest BCUT2D eigenvalue weighted by Crippen LogP contribution is 2.14. The molecule has 0 fully saturated rings. The van der Waals surface area contributed by atoms with Crippen LogP contribution in [-0.2, 0) is 17.8 Å². The Balaban J connectivity index is 2.64. The summed E-state index contributed by atoms with van der Waals surface area (Å²) in [6.07, 6.45) is 1.15. The van der Waals surface area contributed by atoms with Crippen LogP contribution in [0.3, 0.4) is 0 Å². The first-order valence-corrected chi connectivity index (χ1v) is 7.04. The second kappa shape index (κ2) is 6.69. The van der Waals surface area contributed by atoms with Gasteiger partial charge in [-0.25, -0.2) is 0 Å². The Morgan fingerprint density at radius 2 is 2.18 bits per heavy atom. The smallest absolute Gasteiger partial charge is 0.307 e. The van der Waals surface area contributed by atoms with Crippen molar-refractivity contribution in [3.63, 3.8) is 0 Å². The van der Waals surface area contributed by atoms with Crippen LogP contribution < -0.4 is 0 Å². The zero-order chi connectivity index (χ0) is 12.8. The number of aliphatic carboxylic acids is 1. The van der Waals surface area contributed by atoms with Crippen LogP contribution in [-0.4, -0.2) is 32.4 Å². The third-order valence-electron chi connectivity index (χ3n) is 2.72. The molecule has 1 aromatic rings. The number of carboxylic acid groups (broad SMARTS) is 1. The van der Waals surface area contributed by atoms with Gasteiger partial charge in [-0.2, -0.15) is 16.9 Å². The number of hydrogen-bond acceptors (Lipinski definition) is 3. The normalized spacial score (nSPS) is 10.8. The zero-order valence-electron chi connectivity index (χ0n) is 10.7. The van der Waals surface area contributed by atoms with E-state index in [9.17, 15) is 4.79 Å². The van der Waals surface area contributed by atoms with Gasteiger partial charge in [-0.3, -0.25) is 9.48 Å². The largest absolute Gasteiger partial charge is 0.481 e. The lowest BCUT2D eigenvalue weighted by molar-refractivity contribution is -0.136. The maximum Gasteiger partial charge on any atom is 0.307 e. The molecule has 17 heavy (non-hydrogen) atoms. The summed E-state index contributed by atoms with van der Waals surface area (Å²) in [5.74, 6) is 1.47. The molecule has 0 aliphatic rings. The van der Waals surface area contributed by atoms with Crippen LogP contribution in [0.1, 0.15) is 30.3 Å². The lowest BCUT2D eigenvalue weighted by atomic mass is 10.1. The van der Waals surface area contributed by atoms with Crippen molar-refractivity contribution in [1.29, 1.82) is 0 Å². The molecule has 0 amide bonds. The SMILES string of the molecule is CCSCCCn1nc(C)c(CC(=O)O)c1C. The number of rotatable bonds is 7. The van der Waals surface area contributed by atoms with Gasteiger partial charge in [0.25, 0.3) is 0 Å². The predicted molar refractivity (Wildman–Crippen MR) is 70.7 cm³/mol. The minimum absolute atomic E-state index is 0.0708. The van der Waals surface area contributed by atoms with E-state index in [1.54, 1.807) is 0 Å². The van der Waals surface area contributed by atoms with E-state index in [4.69, 9.17) is 5.11 Å². The van der Waals surface area contributed by atoms with Crippen molar-refractivity contribution in [1.82, 2.24) is 9.78 Å². The van der Waals surface area contributed by atoms with Crippen LogP contribution in [0.25, 0.3) is 0 Å². The molecular weight excluding hydrogens is 236 g/mol. The molecule has 1 rings (SSSR count). The van der Waals surface area contributed by atoms with E-state index in [0.717, 1.165) is 41.4 Å². The molecular formula is C12H20N2O2S. The molecule has 1 heterocycles. The Labute approximate surface area is 106 Å². The van der Waals surface area contributed by atoms with Crippen molar-refractivity contribution in [3.05, 3.63) is 17.0 Å². The first-order valence-electron chi connectivity index (χ1n) is 5.88. The van der Waals surface area contributed by atoms with Crippen LogP contribution in [0.4, 0.5) is 0 Å². The van der Waals surface area contributed by atoms with Crippen molar-refractivity contribution in [3.8, 4) is 0 Å². The summed E-state index contributed by atoms with van der Waals surface area (Å²) in [6, 6.07) is 0. The number of carboxylic acids is 1. The zero-order valence-corrected chi connectivity index (χ0v) is 11.5.